The van der Waals surface area contributed by atoms with Crippen LogP contribution < -0.4 is 4.90 Å². The molecule has 0 fully saturated rings. The molecule has 0 radical (unpaired) electrons. The molecule has 5 heteroatoms. The summed E-state index contributed by atoms with van der Waals surface area (Å²) in [7, 11) is 4.04. The molecule has 1 amide bonds. The average Bonchev–Trinajstić information content (AvgIpc) is 3.24. The lowest BCUT2D eigenvalue weighted by atomic mass is 9.98. The van der Waals surface area contributed by atoms with Crippen LogP contribution in [0.2, 0.25) is 0 Å². The van der Waals surface area contributed by atoms with Crippen LogP contribution >= 0.6 is 15.9 Å². The first-order valence-corrected chi connectivity index (χ1v) is 11.0. The predicted octanol–water partition coefficient (Wildman–Crippen LogP) is 5.91. The quantitative estimate of drug-likeness (QED) is 0.432. The molecule has 0 aromatic heterocycles. The van der Waals surface area contributed by atoms with Crippen LogP contribution in [-0.4, -0.2) is 30.7 Å². The van der Waals surface area contributed by atoms with E-state index in [1.807, 2.05) is 74.8 Å². The van der Waals surface area contributed by atoms with Crippen molar-refractivity contribution >= 4 is 39.3 Å². The maximum absolute atomic E-state index is 13.1. The largest absolute Gasteiger partial charge is 0.378 e. The molecule has 4 rings (SSSR count). The van der Waals surface area contributed by atoms with Gasteiger partial charge in [0, 0.05) is 36.8 Å². The summed E-state index contributed by atoms with van der Waals surface area (Å²) >= 11 is 3.49. The number of carbonyl (C=O) groups is 1. The molecule has 0 bridgehead atoms. The van der Waals surface area contributed by atoms with Gasteiger partial charge in [0.1, 0.15) is 0 Å². The number of nitrogens with zero attached hydrogens (tertiary/aromatic N) is 3. The normalized spacial score (nSPS) is 15.9. The number of rotatable bonds is 5. The van der Waals surface area contributed by atoms with E-state index in [4.69, 9.17) is 5.10 Å². The number of hydrazone groups is 1. The second kappa shape index (κ2) is 9.31. The standard InChI is InChI=1S/C26H24BrN3O/c1-29(2)23-15-11-20(12-16-23)24-18-25(21-9-13-22(27)14-10-21)30(28-24)26(31)17-8-19-6-4-3-5-7-19/h3-17,25H,18H2,1-2H3. The fourth-order valence-corrected chi connectivity index (χ4v) is 3.86. The Balaban J connectivity index is 1.64. The van der Waals surface area contributed by atoms with Crippen molar-refractivity contribution in [2.75, 3.05) is 19.0 Å². The average molecular weight is 474 g/mol. The highest BCUT2D eigenvalue weighted by Crippen LogP contribution is 2.34. The van der Waals surface area contributed by atoms with Crippen LogP contribution in [0.5, 0.6) is 0 Å². The van der Waals surface area contributed by atoms with E-state index in [1.165, 1.54) is 0 Å². The Morgan fingerprint density at radius 3 is 2.32 bits per heavy atom. The summed E-state index contributed by atoms with van der Waals surface area (Å²) in [6, 6.07) is 26.1. The van der Waals surface area contributed by atoms with Crippen LogP contribution in [0.3, 0.4) is 0 Å². The molecule has 1 aliphatic heterocycles. The molecule has 0 aliphatic carbocycles. The summed E-state index contributed by atoms with van der Waals surface area (Å²) < 4.78 is 1.01. The first-order chi connectivity index (χ1) is 15.0. The smallest absolute Gasteiger partial charge is 0.267 e. The highest BCUT2D eigenvalue weighted by Gasteiger charge is 2.32. The SMILES string of the molecule is CN(C)c1ccc(C2=NN(C(=O)C=Cc3ccccc3)C(c3ccc(Br)cc3)C2)cc1. The molecule has 0 saturated heterocycles. The van der Waals surface area contributed by atoms with Gasteiger partial charge in [-0.1, -0.05) is 70.5 Å². The highest BCUT2D eigenvalue weighted by molar-refractivity contribution is 9.10. The van der Waals surface area contributed by atoms with Crippen molar-refractivity contribution in [1.82, 2.24) is 5.01 Å². The monoisotopic (exact) mass is 473 g/mol. The molecule has 0 N–H and O–H groups in total. The molecule has 1 heterocycles. The lowest BCUT2D eigenvalue weighted by Gasteiger charge is -2.20. The van der Waals surface area contributed by atoms with Crippen molar-refractivity contribution in [3.8, 4) is 0 Å². The highest BCUT2D eigenvalue weighted by atomic mass is 79.9. The third-order valence-electron chi connectivity index (χ3n) is 5.33. The molecular weight excluding hydrogens is 450 g/mol. The first kappa shape index (κ1) is 21.1. The zero-order valence-corrected chi connectivity index (χ0v) is 19.2. The Morgan fingerprint density at radius 1 is 1.00 bits per heavy atom. The van der Waals surface area contributed by atoms with E-state index in [2.05, 4.69) is 45.1 Å². The summed E-state index contributed by atoms with van der Waals surface area (Å²) in [4.78, 5) is 15.2. The van der Waals surface area contributed by atoms with Crippen molar-refractivity contribution in [3.05, 3.63) is 106 Å². The molecule has 31 heavy (non-hydrogen) atoms. The number of hydrogen-bond acceptors (Lipinski definition) is 3. The van der Waals surface area contributed by atoms with Gasteiger partial charge in [-0.05, 0) is 47.0 Å². The number of halogens is 1. The number of benzene rings is 3. The van der Waals surface area contributed by atoms with E-state index in [9.17, 15) is 4.79 Å². The van der Waals surface area contributed by atoms with Crippen molar-refractivity contribution in [3.63, 3.8) is 0 Å². The third kappa shape index (κ3) is 4.94. The molecule has 4 nitrogen and oxygen atoms in total. The topological polar surface area (TPSA) is 35.9 Å². The number of hydrogen-bond donors (Lipinski definition) is 0. The zero-order chi connectivity index (χ0) is 21.8. The van der Waals surface area contributed by atoms with Gasteiger partial charge in [0.25, 0.3) is 5.91 Å². The maximum atomic E-state index is 13.1. The molecule has 1 atom stereocenters. The Hall–Kier alpha value is -3.18. The minimum absolute atomic E-state index is 0.128. The molecule has 0 spiro atoms. The second-order valence-corrected chi connectivity index (χ2v) is 8.60. The maximum Gasteiger partial charge on any atom is 0.267 e. The van der Waals surface area contributed by atoms with Gasteiger partial charge in [-0.25, -0.2) is 5.01 Å². The fourth-order valence-electron chi connectivity index (χ4n) is 3.59. The van der Waals surface area contributed by atoms with Crippen LogP contribution in [0.4, 0.5) is 5.69 Å². The predicted molar refractivity (Wildman–Crippen MR) is 131 cm³/mol. The van der Waals surface area contributed by atoms with Gasteiger partial charge in [0.05, 0.1) is 11.8 Å². The third-order valence-corrected chi connectivity index (χ3v) is 5.85. The van der Waals surface area contributed by atoms with Gasteiger partial charge in [-0.2, -0.15) is 5.10 Å². The van der Waals surface area contributed by atoms with E-state index in [0.717, 1.165) is 32.6 Å². The Kier molecular flexibility index (Phi) is 6.33. The Bertz CT molecular complexity index is 1100. The number of carbonyl (C=O) groups excluding carboxylic acids is 1. The van der Waals surface area contributed by atoms with Crippen LogP contribution in [-0.2, 0) is 4.79 Å². The second-order valence-electron chi connectivity index (χ2n) is 7.69. The van der Waals surface area contributed by atoms with Crippen LogP contribution in [0, 0.1) is 0 Å². The summed E-state index contributed by atoms with van der Waals surface area (Å²) in [5.41, 5.74) is 5.13. The summed E-state index contributed by atoms with van der Waals surface area (Å²) in [5.74, 6) is -0.128. The summed E-state index contributed by atoms with van der Waals surface area (Å²) in [6.45, 7) is 0. The van der Waals surface area contributed by atoms with Crippen molar-refractivity contribution in [2.24, 2.45) is 5.10 Å². The number of anilines is 1. The van der Waals surface area contributed by atoms with Gasteiger partial charge >= 0.3 is 0 Å². The van der Waals surface area contributed by atoms with Gasteiger partial charge in [0.15, 0.2) is 0 Å². The van der Waals surface area contributed by atoms with Gasteiger partial charge in [-0.15, -0.1) is 0 Å². The van der Waals surface area contributed by atoms with Crippen LogP contribution in [0.15, 0.2) is 94.5 Å². The minimum Gasteiger partial charge on any atom is -0.378 e. The molecule has 156 valence electrons. The number of amides is 1. The van der Waals surface area contributed by atoms with E-state index < -0.39 is 0 Å². The van der Waals surface area contributed by atoms with Crippen LogP contribution in [0.25, 0.3) is 6.08 Å². The van der Waals surface area contributed by atoms with E-state index in [-0.39, 0.29) is 11.9 Å². The van der Waals surface area contributed by atoms with Gasteiger partial charge in [-0.3, -0.25) is 4.79 Å². The van der Waals surface area contributed by atoms with E-state index >= 15 is 0 Å². The van der Waals surface area contributed by atoms with Gasteiger partial charge in [0.2, 0.25) is 0 Å². The molecule has 1 unspecified atom stereocenters. The first-order valence-electron chi connectivity index (χ1n) is 10.2. The van der Waals surface area contributed by atoms with E-state index in [1.54, 1.807) is 11.1 Å². The Morgan fingerprint density at radius 2 is 1.68 bits per heavy atom. The minimum atomic E-state index is -0.135. The van der Waals surface area contributed by atoms with Crippen molar-refractivity contribution in [2.45, 2.75) is 12.5 Å². The lowest BCUT2D eigenvalue weighted by molar-refractivity contribution is -0.127. The molecule has 0 saturated carbocycles. The molecular formula is C26H24BrN3O. The van der Waals surface area contributed by atoms with E-state index in [0.29, 0.717) is 6.42 Å². The Labute approximate surface area is 191 Å². The lowest BCUT2D eigenvalue weighted by Crippen LogP contribution is -2.25. The molecule has 3 aromatic rings. The molecule has 3 aromatic carbocycles. The fraction of sp³-hybridized carbons (Fsp3) is 0.154. The summed E-state index contributed by atoms with van der Waals surface area (Å²) in [5, 5.41) is 6.36. The van der Waals surface area contributed by atoms with Gasteiger partial charge < -0.3 is 4.90 Å². The van der Waals surface area contributed by atoms with Crippen molar-refractivity contribution in [1.29, 1.82) is 0 Å². The van der Waals surface area contributed by atoms with Crippen molar-refractivity contribution < 1.29 is 4.79 Å². The zero-order valence-electron chi connectivity index (χ0n) is 17.6. The summed E-state index contributed by atoms with van der Waals surface area (Å²) in [6.07, 6.45) is 4.11. The molecule has 1 aliphatic rings. The van der Waals surface area contributed by atoms with Crippen LogP contribution in [0.1, 0.15) is 29.2 Å².